The first-order chi connectivity index (χ1) is 14.5. The molecule has 2 atom stereocenters. The highest BCUT2D eigenvalue weighted by atomic mass is 32.1. The Balaban J connectivity index is 1.83. The third-order valence-corrected chi connectivity index (χ3v) is 6.09. The molecule has 0 amide bonds. The van der Waals surface area contributed by atoms with Crippen molar-refractivity contribution < 1.29 is 5.11 Å². The molecular weight excluding hydrogens is 394 g/mol. The Hall–Kier alpha value is -2.77. The molecule has 0 unspecified atom stereocenters. The molecule has 1 fully saturated rings. The van der Waals surface area contributed by atoms with Crippen LogP contribution in [0.15, 0.2) is 48.8 Å². The molecule has 0 aliphatic carbocycles. The fourth-order valence-electron chi connectivity index (χ4n) is 4.35. The summed E-state index contributed by atoms with van der Waals surface area (Å²) in [6.07, 6.45) is 4.30. The lowest BCUT2D eigenvalue weighted by atomic mass is 9.96. The van der Waals surface area contributed by atoms with Crippen molar-refractivity contribution in [3.05, 3.63) is 77.0 Å². The van der Waals surface area contributed by atoms with Gasteiger partial charge in [0.1, 0.15) is 5.82 Å². The fraction of sp³-hybridized carbons (Fsp3) is 0.348. The minimum absolute atomic E-state index is 0.0112. The zero-order chi connectivity index (χ0) is 21.3. The van der Waals surface area contributed by atoms with Gasteiger partial charge in [-0.2, -0.15) is 0 Å². The number of hydrogen-bond acceptors (Lipinski definition) is 4. The van der Waals surface area contributed by atoms with Gasteiger partial charge in [-0.15, -0.1) is 0 Å². The molecule has 6 nitrogen and oxygen atoms in total. The fourth-order valence-corrected chi connectivity index (χ4v) is 4.68. The Morgan fingerprint density at radius 2 is 1.90 bits per heavy atom. The molecule has 0 radical (unpaired) electrons. The van der Waals surface area contributed by atoms with Crippen LogP contribution in [0.2, 0.25) is 0 Å². The number of thiocarbonyl (C=S) groups is 1. The number of aromatic nitrogens is 3. The quantitative estimate of drug-likeness (QED) is 0.594. The average Bonchev–Trinajstić information content (AvgIpc) is 3.23. The standard InChI is InChI=1S/C23H27N5OS/c1-15-8-6-11-25-22(15)28-16(2)14-18(17(28)3)21-20(19-9-4-5-10-24-19)26-23(30)27(21)12-7-13-29/h4-6,8-11,14,20-21,29H,7,12-13H2,1-3H3,(H,26,30)/t20-,21-/m0/s1. The highest BCUT2D eigenvalue weighted by molar-refractivity contribution is 7.80. The Bertz CT molecular complexity index is 1050. The number of hydrogen-bond donors (Lipinski definition) is 2. The normalized spacial score (nSPS) is 18.7. The summed E-state index contributed by atoms with van der Waals surface area (Å²) in [7, 11) is 0. The van der Waals surface area contributed by atoms with Gasteiger partial charge in [-0.3, -0.25) is 4.98 Å². The van der Waals surface area contributed by atoms with E-state index in [4.69, 9.17) is 12.2 Å². The van der Waals surface area contributed by atoms with Gasteiger partial charge in [0.15, 0.2) is 5.11 Å². The van der Waals surface area contributed by atoms with Crippen molar-refractivity contribution in [1.82, 2.24) is 24.8 Å². The molecule has 2 N–H and O–H groups in total. The van der Waals surface area contributed by atoms with E-state index < -0.39 is 0 Å². The van der Waals surface area contributed by atoms with Crippen LogP contribution in [0.3, 0.4) is 0 Å². The molecule has 0 saturated carbocycles. The molecule has 1 saturated heterocycles. The Labute approximate surface area is 182 Å². The molecule has 4 rings (SSSR count). The van der Waals surface area contributed by atoms with E-state index in [1.807, 2.05) is 36.7 Å². The minimum Gasteiger partial charge on any atom is -0.396 e. The third-order valence-electron chi connectivity index (χ3n) is 5.74. The van der Waals surface area contributed by atoms with Crippen LogP contribution in [-0.4, -0.2) is 42.8 Å². The maximum absolute atomic E-state index is 9.42. The van der Waals surface area contributed by atoms with E-state index >= 15 is 0 Å². The van der Waals surface area contributed by atoms with Gasteiger partial charge in [-0.05, 0) is 74.8 Å². The van der Waals surface area contributed by atoms with Crippen molar-refractivity contribution in [3.63, 3.8) is 0 Å². The summed E-state index contributed by atoms with van der Waals surface area (Å²) in [5.74, 6) is 0.948. The molecule has 1 aliphatic heterocycles. The van der Waals surface area contributed by atoms with Crippen LogP contribution in [0, 0.1) is 20.8 Å². The molecule has 7 heteroatoms. The molecule has 3 aromatic heterocycles. The number of nitrogens with one attached hydrogen (secondary N) is 1. The summed E-state index contributed by atoms with van der Waals surface area (Å²) in [6, 6.07) is 12.2. The predicted molar refractivity (Wildman–Crippen MR) is 122 cm³/mol. The van der Waals surface area contributed by atoms with E-state index in [-0.39, 0.29) is 18.7 Å². The number of pyridine rings is 2. The van der Waals surface area contributed by atoms with Crippen molar-refractivity contribution in [1.29, 1.82) is 0 Å². The Kier molecular flexibility index (Phi) is 5.83. The Morgan fingerprint density at radius 3 is 2.60 bits per heavy atom. The minimum atomic E-state index is -0.0591. The topological polar surface area (TPSA) is 66.2 Å². The van der Waals surface area contributed by atoms with Crippen molar-refractivity contribution in [3.8, 4) is 5.82 Å². The number of aliphatic hydroxyl groups is 1. The number of aliphatic hydroxyl groups excluding tert-OH is 1. The molecule has 30 heavy (non-hydrogen) atoms. The maximum atomic E-state index is 9.42. The molecule has 0 spiro atoms. The van der Waals surface area contributed by atoms with Crippen LogP contribution < -0.4 is 5.32 Å². The van der Waals surface area contributed by atoms with Gasteiger partial charge in [0, 0.05) is 36.9 Å². The van der Waals surface area contributed by atoms with Crippen LogP contribution in [0.5, 0.6) is 0 Å². The van der Waals surface area contributed by atoms with Crippen molar-refractivity contribution >= 4 is 17.3 Å². The SMILES string of the molecule is Cc1cccnc1-n1c(C)cc([C@H]2[C@H](c3ccccn3)NC(=S)N2CCCO)c1C. The molecular formula is C23H27N5OS. The van der Waals surface area contributed by atoms with Gasteiger partial charge < -0.3 is 19.9 Å². The van der Waals surface area contributed by atoms with E-state index in [9.17, 15) is 5.11 Å². The number of nitrogens with zero attached hydrogens (tertiary/aromatic N) is 4. The van der Waals surface area contributed by atoms with Crippen LogP contribution in [-0.2, 0) is 0 Å². The van der Waals surface area contributed by atoms with Gasteiger partial charge in [0.05, 0.1) is 17.8 Å². The lowest BCUT2D eigenvalue weighted by Crippen LogP contribution is -2.31. The van der Waals surface area contributed by atoms with E-state index in [0.717, 1.165) is 28.5 Å². The molecule has 0 bridgehead atoms. The van der Waals surface area contributed by atoms with Crippen LogP contribution >= 0.6 is 12.2 Å². The summed E-state index contributed by atoms with van der Waals surface area (Å²) in [4.78, 5) is 11.4. The first-order valence-electron chi connectivity index (χ1n) is 10.2. The van der Waals surface area contributed by atoms with E-state index in [1.54, 1.807) is 0 Å². The largest absolute Gasteiger partial charge is 0.396 e. The average molecular weight is 422 g/mol. The lowest BCUT2D eigenvalue weighted by Gasteiger charge is -2.28. The van der Waals surface area contributed by atoms with Gasteiger partial charge in [0.2, 0.25) is 0 Å². The summed E-state index contributed by atoms with van der Waals surface area (Å²) < 4.78 is 2.21. The zero-order valence-corrected chi connectivity index (χ0v) is 18.4. The molecule has 0 aromatic carbocycles. The van der Waals surface area contributed by atoms with Crippen LogP contribution in [0.25, 0.3) is 5.82 Å². The van der Waals surface area contributed by atoms with E-state index in [1.165, 1.54) is 5.56 Å². The van der Waals surface area contributed by atoms with E-state index in [2.05, 4.69) is 57.7 Å². The highest BCUT2D eigenvalue weighted by Crippen LogP contribution is 2.41. The summed E-state index contributed by atoms with van der Waals surface area (Å²) in [5.41, 5.74) is 5.54. The smallest absolute Gasteiger partial charge is 0.170 e. The van der Waals surface area contributed by atoms with Gasteiger partial charge in [0.25, 0.3) is 0 Å². The summed E-state index contributed by atoms with van der Waals surface area (Å²) in [5, 5.41) is 13.6. The summed E-state index contributed by atoms with van der Waals surface area (Å²) in [6.45, 7) is 7.14. The second-order valence-electron chi connectivity index (χ2n) is 7.70. The predicted octanol–water partition coefficient (Wildman–Crippen LogP) is 3.55. The van der Waals surface area contributed by atoms with Crippen molar-refractivity contribution in [2.45, 2.75) is 39.3 Å². The number of rotatable bonds is 6. The molecule has 1 aliphatic rings. The van der Waals surface area contributed by atoms with Crippen molar-refractivity contribution in [2.24, 2.45) is 0 Å². The summed E-state index contributed by atoms with van der Waals surface area (Å²) >= 11 is 5.69. The maximum Gasteiger partial charge on any atom is 0.170 e. The monoisotopic (exact) mass is 421 g/mol. The second-order valence-corrected chi connectivity index (χ2v) is 8.09. The van der Waals surface area contributed by atoms with Gasteiger partial charge in [-0.1, -0.05) is 12.1 Å². The zero-order valence-electron chi connectivity index (χ0n) is 17.5. The highest BCUT2D eigenvalue weighted by Gasteiger charge is 2.41. The third kappa shape index (κ3) is 3.59. The van der Waals surface area contributed by atoms with Crippen LogP contribution in [0.1, 0.15) is 46.7 Å². The van der Waals surface area contributed by atoms with Crippen molar-refractivity contribution in [2.75, 3.05) is 13.2 Å². The molecule has 4 heterocycles. The van der Waals surface area contributed by atoms with Gasteiger partial charge >= 0.3 is 0 Å². The van der Waals surface area contributed by atoms with Gasteiger partial charge in [-0.25, -0.2) is 4.98 Å². The number of aryl methyl sites for hydroxylation is 2. The Morgan fingerprint density at radius 1 is 1.10 bits per heavy atom. The molecule has 3 aromatic rings. The first kappa shape index (κ1) is 20.5. The first-order valence-corrected chi connectivity index (χ1v) is 10.6. The molecule has 156 valence electrons. The van der Waals surface area contributed by atoms with Crippen LogP contribution in [0.4, 0.5) is 0 Å². The lowest BCUT2D eigenvalue weighted by molar-refractivity contribution is 0.247. The second kappa shape index (κ2) is 8.53. The van der Waals surface area contributed by atoms with E-state index in [0.29, 0.717) is 18.1 Å².